The van der Waals surface area contributed by atoms with Gasteiger partial charge in [-0.05, 0) is 66.7 Å². The van der Waals surface area contributed by atoms with Crippen molar-refractivity contribution in [3.63, 3.8) is 0 Å². The molecule has 0 aliphatic carbocycles. The average molecular weight is 455 g/mol. The first-order valence-corrected chi connectivity index (χ1v) is 9.70. The molecule has 1 aromatic heterocycles. The molecule has 3 aromatic rings. The van der Waals surface area contributed by atoms with Gasteiger partial charge in [-0.3, -0.25) is 0 Å². The second kappa shape index (κ2) is 8.45. The number of carbonyl (C=O) groups excluding carboxylic acids is 1. The van der Waals surface area contributed by atoms with Crippen LogP contribution < -0.4 is 4.74 Å². The normalized spacial score (nSPS) is 14.8. The van der Waals surface area contributed by atoms with Crippen molar-refractivity contribution in [1.82, 2.24) is 4.57 Å². The zero-order valence-electron chi connectivity index (χ0n) is 15.2. The van der Waals surface area contributed by atoms with Gasteiger partial charge in [0.05, 0.1) is 6.54 Å². The number of cyclic esters (lactones) is 1. The van der Waals surface area contributed by atoms with Gasteiger partial charge in [0.2, 0.25) is 5.90 Å². The molecule has 2 aromatic carbocycles. The number of carbonyl (C=O) groups is 1. The number of aromatic nitrogens is 1. The molecule has 0 saturated carbocycles. The zero-order valence-corrected chi connectivity index (χ0v) is 16.8. The van der Waals surface area contributed by atoms with E-state index >= 15 is 0 Å². The number of halogens is 2. The number of ether oxygens (including phenoxy) is 2. The maximum absolute atomic E-state index is 13.1. The average Bonchev–Trinajstić information content (AvgIpc) is 3.31. The van der Waals surface area contributed by atoms with E-state index in [0.717, 1.165) is 15.9 Å². The third-order valence-corrected chi connectivity index (χ3v) is 4.80. The lowest BCUT2D eigenvalue weighted by Crippen LogP contribution is -2.09. The topological polar surface area (TPSA) is 52.8 Å². The van der Waals surface area contributed by atoms with Crippen LogP contribution in [0.1, 0.15) is 11.3 Å². The summed E-state index contributed by atoms with van der Waals surface area (Å²) in [5, 5.41) is 0. The Kier molecular flexibility index (Phi) is 5.57. The van der Waals surface area contributed by atoms with Gasteiger partial charge in [0.25, 0.3) is 0 Å². The van der Waals surface area contributed by atoms with E-state index < -0.39 is 5.97 Å². The number of nitrogens with zero attached hydrogens (tertiary/aromatic N) is 2. The molecular weight excluding hydrogens is 439 g/mol. The van der Waals surface area contributed by atoms with E-state index in [0.29, 0.717) is 18.7 Å². The minimum atomic E-state index is -0.539. The molecule has 7 heteroatoms. The number of aliphatic imine (C=N–C) groups is 1. The second-order valence-corrected chi connectivity index (χ2v) is 7.19. The summed E-state index contributed by atoms with van der Waals surface area (Å²) < 4.78 is 27.0. The number of benzene rings is 2. The predicted molar refractivity (Wildman–Crippen MR) is 111 cm³/mol. The van der Waals surface area contributed by atoms with Crippen molar-refractivity contribution in [2.75, 3.05) is 6.61 Å². The Labute approximate surface area is 175 Å². The highest BCUT2D eigenvalue weighted by Crippen LogP contribution is 2.20. The van der Waals surface area contributed by atoms with Crippen molar-refractivity contribution in [3.05, 3.63) is 94.1 Å². The van der Waals surface area contributed by atoms with Crippen LogP contribution >= 0.6 is 15.9 Å². The molecule has 0 bridgehead atoms. The quantitative estimate of drug-likeness (QED) is 0.396. The van der Waals surface area contributed by atoms with Crippen LogP contribution in [0.15, 0.2) is 82.0 Å². The lowest BCUT2D eigenvalue weighted by molar-refractivity contribution is -0.129. The third kappa shape index (κ3) is 4.63. The van der Waals surface area contributed by atoms with E-state index in [-0.39, 0.29) is 17.4 Å². The third-order valence-electron chi connectivity index (χ3n) is 4.28. The van der Waals surface area contributed by atoms with E-state index in [1.54, 1.807) is 6.08 Å². The second-order valence-electron chi connectivity index (χ2n) is 6.27. The fraction of sp³-hybridized carbons (Fsp3) is 0.0909. The van der Waals surface area contributed by atoms with Crippen molar-refractivity contribution < 1.29 is 18.7 Å². The molecule has 1 aliphatic rings. The largest absolute Gasteiger partial charge is 0.492 e. The first-order chi connectivity index (χ1) is 14.1. The Bertz CT molecular complexity index is 1090. The maximum atomic E-state index is 13.1. The van der Waals surface area contributed by atoms with Crippen LogP contribution in [0, 0.1) is 5.82 Å². The van der Waals surface area contributed by atoms with Crippen LogP contribution in [0.5, 0.6) is 5.75 Å². The Morgan fingerprint density at radius 1 is 1.10 bits per heavy atom. The molecule has 29 heavy (non-hydrogen) atoms. The standard InChI is InChI=1S/C22H16BrFN2O3/c23-16-5-9-19(10-6-16)28-13-12-26-11-1-2-18(26)14-20-22(27)29-21(25-20)15-3-7-17(24)8-4-15/h1-11,14H,12-13H2. The smallest absolute Gasteiger partial charge is 0.363 e. The van der Waals surface area contributed by atoms with Gasteiger partial charge in [0, 0.05) is 21.9 Å². The minimum Gasteiger partial charge on any atom is -0.492 e. The Balaban J connectivity index is 1.46. The van der Waals surface area contributed by atoms with E-state index in [2.05, 4.69) is 20.9 Å². The van der Waals surface area contributed by atoms with Gasteiger partial charge in [-0.25, -0.2) is 14.2 Å². The summed E-state index contributed by atoms with van der Waals surface area (Å²) in [6, 6.07) is 17.0. The number of hydrogen-bond acceptors (Lipinski definition) is 4. The van der Waals surface area contributed by atoms with Gasteiger partial charge in [-0.15, -0.1) is 0 Å². The molecule has 0 amide bonds. The lowest BCUT2D eigenvalue weighted by atomic mass is 10.2. The van der Waals surface area contributed by atoms with Gasteiger partial charge in [-0.1, -0.05) is 15.9 Å². The van der Waals surface area contributed by atoms with E-state index in [1.165, 1.54) is 24.3 Å². The highest BCUT2D eigenvalue weighted by Gasteiger charge is 2.24. The van der Waals surface area contributed by atoms with Gasteiger partial charge in [-0.2, -0.15) is 0 Å². The zero-order chi connectivity index (χ0) is 20.2. The number of rotatable bonds is 6. The summed E-state index contributed by atoms with van der Waals surface area (Å²) >= 11 is 3.39. The molecule has 0 radical (unpaired) electrons. The highest BCUT2D eigenvalue weighted by molar-refractivity contribution is 9.10. The SMILES string of the molecule is O=C1OC(c2ccc(F)cc2)=NC1=Cc1cccn1CCOc1ccc(Br)cc1. The van der Waals surface area contributed by atoms with Crippen molar-refractivity contribution in [1.29, 1.82) is 0 Å². The lowest BCUT2D eigenvalue weighted by Gasteiger charge is -2.09. The van der Waals surface area contributed by atoms with E-state index in [1.807, 2.05) is 47.2 Å². The van der Waals surface area contributed by atoms with Crippen LogP contribution in [0.3, 0.4) is 0 Å². The van der Waals surface area contributed by atoms with Crippen molar-refractivity contribution >= 4 is 33.9 Å². The van der Waals surface area contributed by atoms with Crippen LogP contribution in [0.2, 0.25) is 0 Å². The first-order valence-electron chi connectivity index (χ1n) is 8.90. The molecule has 0 saturated heterocycles. The van der Waals surface area contributed by atoms with Crippen molar-refractivity contribution in [2.24, 2.45) is 4.99 Å². The number of hydrogen-bond donors (Lipinski definition) is 0. The monoisotopic (exact) mass is 454 g/mol. The summed E-state index contributed by atoms with van der Waals surface area (Å²) in [6.45, 7) is 1.08. The molecule has 0 atom stereocenters. The summed E-state index contributed by atoms with van der Waals surface area (Å²) in [5.41, 5.74) is 1.54. The first kappa shape index (κ1) is 19.1. The summed E-state index contributed by atoms with van der Waals surface area (Å²) in [5.74, 6) is 0.0481. The Hall–Kier alpha value is -3.19. The van der Waals surface area contributed by atoms with Crippen LogP contribution in [-0.4, -0.2) is 23.0 Å². The molecule has 0 N–H and O–H groups in total. The predicted octanol–water partition coefficient (Wildman–Crippen LogP) is 4.81. The highest BCUT2D eigenvalue weighted by atomic mass is 79.9. The molecule has 4 rings (SSSR count). The minimum absolute atomic E-state index is 0.165. The molecule has 0 fully saturated rings. The molecular formula is C22H16BrFN2O3. The van der Waals surface area contributed by atoms with Crippen molar-refractivity contribution in [2.45, 2.75) is 6.54 Å². The Morgan fingerprint density at radius 2 is 1.86 bits per heavy atom. The number of esters is 1. The van der Waals surface area contributed by atoms with Crippen LogP contribution in [-0.2, 0) is 16.1 Å². The Morgan fingerprint density at radius 3 is 2.62 bits per heavy atom. The van der Waals surface area contributed by atoms with Gasteiger partial charge in [0.15, 0.2) is 5.70 Å². The fourth-order valence-corrected chi connectivity index (χ4v) is 3.08. The summed E-state index contributed by atoms with van der Waals surface area (Å²) in [4.78, 5) is 16.4. The maximum Gasteiger partial charge on any atom is 0.363 e. The van der Waals surface area contributed by atoms with E-state index in [9.17, 15) is 9.18 Å². The van der Waals surface area contributed by atoms with E-state index in [4.69, 9.17) is 9.47 Å². The van der Waals surface area contributed by atoms with Gasteiger partial charge < -0.3 is 14.0 Å². The molecule has 0 unspecified atom stereocenters. The fourth-order valence-electron chi connectivity index (χ4n) is 2.82. The molecule has 5 nitrogen and oxygen atoms in total. The van der Waals surface area contributed by atoms with Gasteiger partial charge >= 0.3 is 5.97 Å². The van der Waals surface area contributed by atoms with Crippen molar-refractivity contribution in [3.8, 4) is 5.75 Å². The summed E-state index contributed by atoms with van der Waals surface area (Å²) in [6.07, 6.45) is 3.57. The molecule has 1 aliphatic heterocycles. The van der Waals surface area contributed by atoms with Gasteiger partial charge in [0.1, 0.15) is 18.2 Å². The van der Waals surface area contributed by atoms with Crippen LogP contribution in [0.25, 0.3) is 6.08 Å². The van der Waals surface area contributed by atoms with Crippen LogP contribution in [0.4, 0.5) is 4.39 Å². The molecule has 0 spiro atoms. The summed E-state index contributed by atoms with van der Waals surface area (Å²) in [7, 11) is 0. The molecule has 146 valence electrons. The molecule has 2 heterocycles.